The number of H-pyrrole nitrogens is 1. The van der Waals surface area contributed by atoms with Crippen molar-refractivity contribution in [2.24, 2.45) is 17.8 Å². The SMILES string of the molecule is CCc1cn[nH]c1NC(=O)[C@H]1CC(CC)C[C@H]1C(=O)O. The Morgan fingerprint density at radius 2 is 2.10 bits per heavy atom. The van der Waals surface area contributed by atoms with Gasteiger partial charge in [0.05, 0.1) is 18.0 Å². The number of carboxylic acid groups (broad SMARTS) is 1. The third-order valence-electron chi connectivity index (χ3n) is 4.24. The van der Waals surface area contributed by atoms with Crippen molar-refractivity contribution in [3.63, 3.8) is 0 Å². The predicted molar refractivity (Wildman–Crippen MR) is 74.2 cm³/mol. The molecule has 6 nitrogen and oxygen atoms in total. The smallest absolute Gasteiger partial charge is 0.307 e. The van der Waals surface area contributed by atoms with Crippen LogP contribution in [0.4, 0.5) is 5.82 Å². The quantitative estimate of drug-likeness (QED) is 0.768. The number of hydrogen-bond donors (Lipinski definition) is 3. The molecule has 2 rings (SSSR count). The highest BCUT2D eigenvalue weighted by atomic mass is 16.4. The molecule has 0 saturated heterocycles. The first kappa shape index (κ1) is 14.6. The Kier molecular flexibility index (Phi) is 4.42. The minimum absolute atomic E-state index is 0.215. The number of rotatable bonds is 5. The van der Waals surface area contributed by atoms with E-state index in [0.29, 0.717) is 24.6 Å². The Bertz CT molecular complexity index is 498. The molecule has 1 aromatic heterocycles. The molecule has 1 saturated carbocycles. The van der Waals surface area contributed by atoms with Gasteiger partial charge in [0.15, 0.2) is 0 Å². The number of carboxylic acids is 1. The van der Waals surface area contributed by atoms with Gasteiger partial charge in [-0.2, -0.15) is 5.10 Å². The summed E-state index contributed by atoms with van der Waals surface area (Å²) in [4.78, 5) is 23.6. The van der Waals surface area contributed by atoms with Gasteiger partial charge < -0.3 is 10.4 Å². The van der Waals surface area contributed by atoms with Crippen LogP contribution in [0.3, 0.4) is 0 Å². The van der Waals surface area contributed by atoms with Gasteiger partial charge in [0.2, 0.25) is 5.91 Å². The summed E-state index contributed by atoms with van der Waals surface area (Å²) in [6, 6.07) is 0. The van der Waals surface area contributed by atoms with Crippen LogP contribution in [0.1, 0.15) is 38.7 Å². The predicted octanol–water partition coefficient (Wildman–Crippen LogP) is 2.05. The second-order valence-corrected chi connectivity index (χ2v) is 5.41. The molecule has 1 unspecified atom stereocenters. The van der Waals surface area contributed by atoms with Crippen molar-refractivity contribution >= 4 is 17.7 Å². The third-order valence-corrected chi connectivity index (χ3v) is 4.24. The molecule has 1 amide bonds. The molecule has 0 spiro atoms. The van der Waals surface area contributed by atoms with Crippen molar-refractivity contribution in [1.82, 2.24) is 10.2 Å². The van der Waals surface area contributed by atoms with Crippen LogP contribution in [-0.2, 0) is 16.0 Å². The molecule has 110 valence electrons. The molecule has 1 heterocycles. The zero-order valence-electron chi connectivity index (χ0n) is 11.8. The van der Waals surface area contributed by atoms with Gasteiger partial charge in [-0.05, 0) is 25.2 Å². The monoisotopic (exact) mass is 279 g/mol. The first-order valence-electron chi connectivity index (χ1n) is 7.12. The third kappa shape index (κ3) is 2.84. The van der Waals surface area contributed by atoms with Gasteiger partial charge in [0, 0.05) is 5.56 Å². The molecule has 1 aliphatic rings. The topological polar surface area (TPSA) is 95.1 Å². The minimum Gasteiger partial charge on any atom is -0.481 e. The van der Waals surface area contributed by atoms with Crippen molar-refractivity contribution in [2.75, 3.05) is 5.32 Å². The van der Waals surface area contributed by atoms with Gasteiger partial charge in [0.1, 0.15) is 5.82 Å². The second-order valence-electron chi connectivity index (χ2n) is 5.41. The highest BCUT2D eigenvalue weighted by molar-refractivity contribution is 5.95. The van der Waals surface area contributed by atoms with Gasteiger partial charge in [0.25, 0.3) is 0 Å². The first-order chi connectivity index (χ1) is 9.56. The fourth-order valence-electron chi connectivity index (χ4n) is 2.94. The van der Waals surface area contributed by atoms with E-state index in [1.54, 1.807) is 6.20 Å². The molecular formula is C14H21N3O3. The summed E-state index contributed by atoms with van der Waals surface area (Å²) in [5, 5.41) is 18.7. The van der Waals surface area contributed by atoms with Gasteiger partial charge in [-0.15, -0.1) is 0 Å². The summed E-state index contributed by atoms with van der Waals surface area (Å²) >= 11 is 0. The largest absolute Gasteiger partial charge is 0.481 e. The van der Waals surface area contributed by atoms with Crippen LogP contribution in [0.5, 0.6) is 0 Å². The van der Waals surface area contributed by atoms with Crippen molar-refractivity contribution in [3.8, 4) is 0 Å². The molecule has 1 aromatic rings. The van der Waals surface area contributed by atoms with Gasteiger partial charge in [-0.25, -0.2) is 0 Å². The summed E-state index contributed by atoms with van der Waals surface area (Å²) in [5.74, 6) is -1.21. The molecule has 0 bridgehead atoms. The van der Waals surface area contributed by atoms with Crippen LogP contribution >= 0.6 is 0 Å². The number of aliphatic carboxylic acids is 1. The summed E-state index contributed by atoms with van der Waals surface area (Å²) in [6.45, 7) is 4.01. The molecule has 0 aromatic carbocycles. The summed E-state index contributed by atoms with van der Waals surface area (Å²) < 4.78 is 0. The Balaban J connectivity index is 2.09. The molecule has 0 radical (unpaired) electrons. The number of aryl methyl sites for hydroxylation is 1. The molecule has 1 fully saturated rings. The van der Waals surface area contributed by atoms with Gasteiger partial charge >= 0.3 is 5.97 Å². The molecular weight excluding hydrogens is 258 g/mol. The van der Waals surface area contributed by atoms with E-state index in [-0.39, 0.29) is 5.91 Å². The fourth-order valence-corrected chi connectivity index (χ4v) is 2.94. The number of aromatic amines is 1. The van der Waals surface area contributed by atoms with Crippen LogP contribution in [0.15, 0.2) is 6.20 Å². The lowest BCUT2D eigenvalue weighted by molar-refractivity contribution is -0.145. The van der Waals surface area contributed by atoms with Crippen LogP contribution in [0.2, 0.25) is 0 Å². The Morgan fingerprint density at radius 3 is 2.70 bits per heavy atom. The lowest BCUT2D eigenvalue weighted by atomic mass is 9.95. The zero-order chi connectivity index (χ0) is 14.7. The van der Waals surface area contributed by atoms with Crippen LogP contribution < -0.4 is 5.32 Å². The Hall–Kier alpha value is -1.85. The highest BCUT2D eigenvalue weighted by Gasteiger charge is 2.42. The van der Waals surface area contributed by atoms with E-state index in [0.717, 1.165) is 18.4 Å². The van der Waals surface area contributed by atoms with Crippen molar-refractivity contribution in [3.05, 3.63) is 11.8 Å². The number of anilines is 1. The Labute approximate surface area is 118 Å². The first-order valence-corrected chi connectivity index (χ1v) is 7.12. The lowest BCUT2D eigenvalue weighted by Gasteiger charge is -2.15. The summed E-state index contributed by atoms with van der Waals surface area (Å²) in [5.41, 5.74) is 0.926. The van der Waals surface area contributed by atoms with E-state index in [9.17, 15) is 14.7 Å². The number of hydrogen-bond acceptors (Lipinski definition) is 3. The summed E-state index contributed by atoms with van der Waals surface area (Å²) in [6.07, 6.45) is 4.59. The molecule has 1 aliphatic carbocycles. The van der Waals surface area contributed by atoms with Crippen molar-refractivity contribution < 1.29 is 14.7 Å². The van der Waals surface area contributed by atoms with Crippen molar-refractivity contribution in [1.29, 1.82) is 0 Å². The normalized spacial score (nSPS) is 25.6. The maximum absolute atomic E-state index is 12.3. The molecule has 6 heteroatoms. The number of carbonyl (C=O) groups excluding carboxylic acids is 1. The lowest BCUT2D eigenvalue weighted by Crippen LogP contribution is -2.30. The maximum atomic E-state index is 12.3. The molecule has 3 atom stereocenters. The van der Waals surface area contributed by atoms with Crippen LogP contribution in [0.25, 0.3) is 0 Å². The number of nitrogens with zero attached hydrogens (tertiary/aromatic N) is 1. The average Bonchev–Trinajstić information content (AvgIpc) is 3.04. The van der Waals surface area contributed by atoms with Crippen LogP contribution in [-0.4, -0.2) is 27.2 Å². The van der Waals surface area contributed by atoms with E-state index in [4.69, 9.17) is 0 Å². The second kappa shape index (κ2) is 6.07. The average molecular weight is 279 g/mol. The fraction of sp³-hybridized carbons (Fsp3) is 0.643. The molecule has 20 heavy (non-hydrogen) atoms. The van der Waals surface area contributed by atoms with Gasteiger partial charge in [-0.3, -0.25) is 14.7 Å². The zero-order valence-corrected chi connectivity index (χ0v) is 11.8. The molecule has 0 aliphatic heterocycles. The van der Waals surface area contributed by atoms with E-state index in [1.165, 1.54) is 0 Å². The number of aromatic nitrogens is 2. The standard InChI is InChI=1S/C14H21N3O3/c1-3-8-5-10(11(6-8)14(19)20)13(18)16-12-9(4-2)7-15-17-12/h7-8,10-11H,3-6H2,1-2H3,(H,19,20)(H2,15,16,17,18)/t8?,10-,11+/m0/s1. The van der Waals surface area contributed by atoms with E-state index in [1.807, 2.05) is 13.8 Å². The van der Waals surface area contributed by atoms with E-state index >= 15 is 0 Å². The number of carbonyl (C=O) groups is 2. The van der Waals surface area contributed by atoms with E-state index < -0.39 is 17.8 Å². The van der Waals surface area contributed by atoms with E-state index in [2.05, 4.69) is 15.5 Å². The highest BCUT2D eigenvalue weighted by Crippen LogP contribution is 2.39. The van der Waals surface area contributed by atoms with Gasteiger partial charge in [-0.1, -0.05) is 20.3 Å². The number of amides is 1. The van der Waals surface area contributed by atoms with Crippen LogP contribution in [0, 0.1) is 17.8 Å². The molecule has 3 N–H and O–H groups in total. The van der Waals surface area contributed by atoms with Crippen molar-refractivity contribution in [2.45, 2.75) is 39.5 Å². The maximum Gasteiger partial charge on any atom is 0.307 e. The minimum atomic E-state index is -0.874. The Morgan fingerprint density at radius 1 is 1.40 bits per heavy atom. The number of nitrogens with one attached hydrogen (secondary N) is 2. The summed E-state index contributed by atoms with van der Waals surface area (Å²) in [7, 11) is 0.